The average molecular weight is 377 g/mol. The van der Waals surface area contributed by atoms with Crippen LogP contribution in [0.15, 0.2) is 24.3 Å². The maximum absolute atomic E-state index is 12.2. The quantitative estimate of drug-likeness (QED) is 0.287. The van der Waals surface area contributed by atoms with Crippen LogP contribution in [0.25, 0.3) is 0 Å². The van der Waals surface area contributed by atoms with E-state index in [9.17, 15) is 9.59 Å². The van der Waals surface area contributed by atoms with Crippen LogP contribution in [-0.2, 0) is 9.47 Å². The molecule has 1 aromatic carbocycles. The maximum atomic E-state index is 12.2. The van der Waals surface area contributed by atoms with Crippen molar-refractivity contribution in [2.45, 2.75) is 78.6 Å². The van der Waals surface area contributed by atoms with Crippen LogP contribution in [-0.4, -0.2) is 25.2 Å². The van der Waals surface area contributed by atoms with Gasteiger partial charge >= 0.3 is 11.9 Å². The fourth-order valence-corrected chi connectivity index (χ4v) is 2.87. The van der Waals surface area contributed by atoms with Crippen LogP contribution in [0, 0.1) is 5.92 Å². The summed E-state index contributed by atoms with van der Waals surface area (Å²) in [6.45, 7) is 7.36. The predicted octanol–water partition coefficient (Wildman–Crippen LogP) is 6.19. The fraction of sp³-hybridized carbons (Fsp3) is 0.652. The fourth-order valence-electron chi connectivity index (χ4n) is 2.87. The van der Waals surface area contributed by atoms with E-state index in [1.165, 1.54) is 19.3 Å². The highest BCUT2D eigenvalue weighted by atomic mass is 16.5. The molecule has 0 aromatic heterocycles. The molecule has 0 spiro atoms. The van der Waals surface area contributed by atoms with Gasteiger partial charge in [-0.1, -0.05) is 65.7 Å². The highest BCUT2D eigenvalue weighted by Crippen LogP contribution is 2.14. The van der Waals surface area contributed by atoms with E-state index in [1.807, 2.05) is 0 Å². The number of esters is 2. The minimum absolute atomic E-state index is 0.333. The highest BCUT2D eigenvalue weighted by molar-refractivity contribution is 5.93. The summed E-state index contributed by atoms with van der Waals surface area (Å²) in [7, 11) is 0. The average Bonchev–Trinajstić information content (AvgIpc) is 2.70. The first-order valence-corrected chi connectivity index (χ1v) is 10.6. The summed E-state index contributed by atoms with van der Waals surface area (Å²) in [5.74, 6) is -0.253. The van der Waals surface area contributed by atoms with Crippen molar-refractivity contribution in [3.63, 3.8) is 0 Å². The SMILES string of the molecule is CCCCCCCOC(=O)c1ccc(C(=O)OCC(CC)CCCC)cc1. The van der Waals surface area contributed by atoms with Crippen LogP contribution in [0.5, 0.6) is 0 Å². The molecular weight excluding hydrogens is 340 g/mol. The Morgan fingerprint density at radius 2 is 1.33 bits per heavy atom. The van der Waals surface area contributed by atoms with Crippen molar-refractivity contribution in [2.24, 2.45) is 5.92 Å². The van der Waals surface area contributed by atoms with Gasteiger partial charge in [-0.3, -0.25) is 0 Å². The Balaban J connectivity index is 2.38. The zero-order chi connectivity index (χ0) is 19.9. The number of hydrogen-bond donors (Lipinski definition) is 0. The first kappa shape index (κ1) is 23.2. The molecular formula is C23H36O4. The minimum atomic E-state index is -0.337. The van der Waals surface area contributed by atoms with Crippen molar-refractivity contribution in [3.8, 4) is 0 Å². The van der Waals surface area contributed by atoms with E-state index < -0.39 is 0 Å². The number of benzene rings is 1. The van der Waals surface area contributed by atoms with Crippen LogP contribution in [0.3, 0.4) is 0 Å². The van der Waals surface area contributed by atoms with Crippen LogP contribution in [0.2, 0.25) is 0 Å². The van der Waals surface area contributed by atoms with Crippen LogP contribution in [0.4, 0.5) is 0 Å². The lowest BCUT2D eigenvalue weighted by Crippen LogP contribution is -2.14. The molecule has 0 N–H and O–H groups in total. The molecule has 1 aromatic rings. The van der Waals surface area contributed by atoms with Gasteiger partial charge < -0.3 is 9.47 Å². The van der Waals surface area contributed by atoms with E-state index in [0.717, 1.165) is 38.5 Å². The zero-order valence-corrected chi connectivity index (χ0v) is 17.3. The van der Waals surface area contributed by atoms with Crippen molar-refractivity contribution >= 4 is 11.9 Å². The third-order valence-electron chi connectivity index (χ3n) is 4.83. The van der Waals surface area contributed by atoms with Crippen LogP contribution >= 0.6 is 0 Å². The first-order chi connectivity index (χ1) is 13.1. The van der Waals surface area contributed by atoms with Gasteiger partial charge in [0.15, 0.2) is 0 Å². The summed E-state index contributed by atoms with van der Waals surface area (Å²) < 4.78 is 10.7. The van der Waals surface area contributed by atoms with Gasteiger partial charge in [0.25, 0.3) is 0 Å². The Morgan fingerprint density at radius 3 is 1.89 bits per heavy atom. The molecule has 27 heavy (non-hydrogen) atoms. The molecule has 0 aliphatic rings. The molecule has 4 heteroatoms. The molecule has 0 fully saturated rings. The number of carbonyl (C=O) groups excluding carboxylic acids is 2. The van der Waals surface area contributed by atoms with Crippen molar-refractivity contribution in [1.29, 1.82) is 0 Å². The normalized spacial score (nSPS) is 11.8. The standard InChI is InChI=1S/C23H36O4/c1-4-7-9-10-11-17-26-22(24)20-13-15-21(16-14-20)23(25)27-18-19(6-3)12-8-5-2/h13-16,19H,4-12,17-18H2,1-3H3. The van der Waals surface area contributed by atoms with E-state index in [0.29, 0.717) is 30.3 Å². The van der Waals surface area contributed by atoms with E-state index in [4.69, 9.17) is 9.47 Å². The summed E-state index contributed by atoms with van der Waals surface area (Å²) in [6, 6.07) is 6.52. The van der Waals surface area contributed by atoms with Crippen molar-refractivity contribution in [1.82, 2.24) is 0 Å². The Morgan fingerprint density at radius 1 is 0.778 bits per heavy atom. The second-order valence-electron chi connectivity index (χ2n) is 7.14. The summed E-state index contributed by atoms with van der Waals surface area (Å²) >= 11 is 0. The molecule has 1 atom stereocenters. The molecule has 0 saturated carbocycles. The first-order valence-electron chi connectivity index (χ1n) is 10.6. The van der Waals surface area contributed by atoms with E-state index in [2.05, 4.69) is 20.8 Å². The molecule has 1 unspecified atom stereocenters. The van der Waals surface area contributed by atoms with Gasteiger partial charge in [0, 0.05) is 0 Å². The van der Waals surface area contributed by atoms with Crippen molar-refractivity contribution in [2.75, 3.05) is 13.2 Å². The van der Waals surface area contributed by atoms with E-state index in [-0.39, 0.29) is 11.9 Å². The molecule has 0 bridgehead atoms. The number of rotatable bonds is 14. The van der Waals surface area contributed by atoms with E-state index >= 15 is 0 Å². The van der Waals surface area contributed by atoms with Gasteiger partial charge in [-0.15, -0.1) is 0 Å². The lowest BCUT2D eigenvalue weighted by molar-refractivity contribution is 0.0425. The van der Waals surface area contributed by atoms with E-state index in [1.54, 1.807) is 24.3 Å². The van der Waals surface area contributed by atoms with Gasteiger partial charge in [0.2, 0.25) is 0 Å². The van der Waals surface area contributed by atoms with Crippen LogP contribution < -0.4 is 0 Å². The molecule has 0 saturated heterocycles. The largest absolute Gasteiger partial charge is 0.462 e. The molecule has 1 rings (SSSR count). The maximum Gasteiger partial charge on any atom is 0.338 e. The summed E-state index contributed by atoms with van der Waals surface area (Å²) in [4.78, 5) is 24.2. The third kappa shape index (κ3) is 9.60. The van der Waals surface area contributed by atoms with Crippen molar-refractivity contribution < 1.29 is 19.1 Å². The molecule has 0 radical (unpaired) electrons. The topological polar surface area (TPSA) is 52.6 Å². The summed E-state index contributed by atoms with van der Waals surface area (Å²) in [5.41, 5.74) is 0.936. The molecule has 4 nitrogen and oxygen atoms in total. The zero-order valence-electron chi connectivity index (χ0n) is 17.3. The van der Waals surface area contributed by atoms with Crippen LogP contribution in [0.1, 0.15) is 99.3 Å². The lowest BCUT2D eigenvalue weighted by Gasteiger charge is -2.14. The van der Waals surface area contributed by atoms with Gasteiger partial charge in [-0.05, 0) is 43.0 Å². The van der Waals surface area contributed by atoms with Crippen molar-refractivity contribution in [3.05, 3.63) is 35.4 Å². The minimum Gasteiger partial charge on any atom is -0.462 e. The van der Waals surface area contributed by atoms with Gasteiger partial charge in [-0.25, -0.2) is 9.59 Å². The Labute approximate surface area is 164 Å². The second-order valence-corrected chi connectivity index (χ2v) is 7.14. The third-order valence-corrected chi connectivity index (χ3v) is 4.83. The number of ether oxygens (including phenoxy) is 2. The van der Waals surface area contributed by atoms with Gasteiger partial charge in [-0.2, -0.15) is 0 Å². The molecule has 0 amide bonds. The molecule has 0 aliphatic heterocycles. The Kier molecular flexibility index (Phi) is 12.2. The lowest BCUT2D eigenvalue weighted by atomic mass is 10.0. The molecule has 0 heterocycles. The predicted molar refractivity (Wildman–Crippen MR) is 109 cm³/mol. The number of carbonyl (C=O) groups is 2. The van der Waals surface area contributed by atoms with Gasteiger partial charge in [0.05, 0.1) is 24.3 Å². The summed E-state index contributed by atoms with van der Waals surface area (Å²) in [6.07, 6.45) is 10.00. The van der Waals surface area contributed by atoms with Gasteiger partial charge in [0.1, 0.15) is 0 Å². The smallest absolute Gasteiger partial charge is 0.338 e. The Bertz CT molecular complexity index is 536. The number of unbranched alkanes of at least 4 members (excludes halogenated alkanes) is 5. The Hall–Kier alpha value is -1.84. The number of hydrogen-bond acceptors (Lipinski definition) is 4. The second kappa shape index (κ2) is 14.2. The molecule has 152 valence electrons. The summed E-state index contributed by atoms with van der Waals surface area (Å²) in [5, 5.41) is 0. The molecule has 0 aliphatic carbocycles. The monoisotopic (exact) mass is 376 g/mol. The highest BCUT2D eigenvalue weighted by Gasteiger charge is 2.13.